The Hall–Kier alpha value is -0.520. The fraction of sp³-hybridized carbons (Fsp3) is 0.857. The molecular formula is C28H52. The lowest BCUT2D eigenvalue weighted by molar-refractivity contribution is 0.507. The second-order valence-corrected chi connectivity index (χ2v) is 9.22. The Morgan fingerprint density at radius 2 is 1.25 bits per heavy atom. The Bertz CT molecular complexity index is 425. The van der Waals surface area contributed by atoms with Crippen molar-refractivity contribution in [2.45, 2.75) is 150 Å². The molecule has 1 aliphatic carbocycles. The molecule has 1 atom stereocenters. The van der Waals surface area contributed by atoms with Crippen molar-refractivity contribution in [2.24, 2.45) is 5.92 Å². The fourth-order valence-electron chi connectivity index (χ4n) is 4.98. The van der Waals surface area contributed by atoms with Crippen LogP contribution < -0.4 is 0 Å². The van der Waals surface area contributed by atoms with E-state index >= 15 is 0 Å². The minimum Gasteiger partial charge on any atom is -0.0847 e. The quantitative estimate of drug-likeness (QED) is 0.182. The summed E-state index contributed by atoms with van der Waals surface area (Å²) in [7, 11) is 0. The minimum absolute atomic E-state index is 0.789. The summed E-state index contributed by atoms with van der Waals surface area (Å²) >= 11 is 0. The largest absolute Gasteiger partial charge is 0.0847 e. The van der Waals surface area contributed by atoms with E-state index in [2.05, 4.69) is 33.8 Å². The maximum Gasteiger partial charge on any atom is 0.000959 e. The molecule has 0 aromatic carbocycles. The lowest BCUT2D eigenvalue weighted by Crippen LogP contribution is -2.14. The Labute approximate surface area is 178 Å². The molecule has 1 aliphatic rings. The summed E-state index contributed by atoms with van der Waals surface area (Å²) in [5.74, 6) is 0.789. The van der Waals surface area contributed by atoms with Crippen LogP contribution in [0.2, 0.25) is 0 Å². The highest BCUT2D eigenvalue weighted by Gasteiger charge is 2.23. The molecule has 0 aromatic heterocycles. The lowest BCUT2D eigenvalue weighted by atomic mass is 9.76. The van der Waals surface area contributed by atoms with Gasteiger partial charge in [0.1, 0.15) is 0 Å². The highest BCUT2D eigenvalue weighted by molar-refractivity contribution is 5.28. The summed E-state index contributed by atoms with van der Waals surface area (Å²) < 4.78 is 0. The summed E-state index contributed by atoms with van der Waals surface area (Å²) in [5, 5.41) is 0. The first-order valence-electron chi connectivity index (χ1n) is 13.2. The van der Waals surface area contributed by atoms with E-state index in [0.29, 0.717) is 0 Å². The predicted octanol–water partition coefficient (Wildman–Crippen LogP) is 10.3. The van der Waals surface area contributed by atoms with Crippen molar-refractivity contribution in [1.29, 1.82) is 0 Å². The van der Waals surface area contributed by atoms with E-state index < -0.39 is 0 Å². The first kappa shape index (κ1) is 25.5. The molecular weight excluding hydrogens is 336 g/mol. The van der Waals surface area contributed by atoms with E-state index in [-0.39, 0.29) is 0 Å². The molecule has 0 nitrogen and oxygen atoms in total. The number of hydrogen-bond donors (Lipinski definition) is 0. The minimum atomic E-state index is 0.789. The molecule has 0 heterocycles. The van der Waals surface area contributed by atoms with Gasteiger partial charge in [-0.05, 0) is 64.2 Å². The van der Waals surface area contributed by atoms with Crippen LogP contribution in [0.15, 0.2) is 22.8 Å². The third-order valence-corrected chi connectivity index (χ3v) is 6.71. The molecule has 164 valence electrons. The molecule has 0 radical (unpaired) electrons. The molecule has 0 amide bonds. The predicted molar refractivity (Wildman–Crippen MR) is 129 cm³/mol. The molecule has 0 fully saturated rings. The van der Waals surface area contributed by atoms with Gasteiger partial charge in [0.2, 0.25) is 0 Å². The van der Waals surface area contributed by atoms with Crippen molar-refractivity contribution in [1.82, 2.24) is 0 Å². The fourth-order valence-corrected chi connectivity index (χ4v) is 4.98. The monoisotopic (exact) mass is 388 g/mol. The van der Waals surface area contributed by atoms with Crippen molar-refractivity contribution >= 4 is 0 Å². The Morgan fingerprint density at radius 1 is 0.679 bits per heavy atom. The smallest absolute Gasteiger partial charge is 0.000959 e. The molecule has 0 heteroatoms. The van der Waals surface area contributed by atoms with Gasteiger partial charge in [-0.25, -0.2) is 0 Å². The van der Waals surface area contributed by atoms with Gasteiger partial charge in [-0.3, -0.25) is 0 Å². The lowest BCUT2D eigenvalue weighted by Gasteiger charge is -2.30. The first-order chi connectivity index (χ1) is 13.8. The topological polar surface area (TPSA) is 0 Å². The summed E-state index contributed by atoms with van der Waals surface area (Å²) in [6.07, 6.45) is 29.0. The van der Waals surface area contributed by atoms with Gasteiger partial charge in [-0.1, -0.05) is 108 Å². The van der Waals surface area contributed by atoms with Crippen LogP contribution in [0.25, 0.3) is 0 Å². The zero-order chi connectivity index (χ0) is 20.5. The summed E-state index contributed by atoms with van der Waals surface area (Å²) in [5.41, 5.74) is 5.65. The van der Waals surface area contributed by atoms with Crippen LogP contribution in [0.1, 0.15) is 150 Å². The highest BCUT2D eigenvalue weighted by Crippen LogP contribution is 2.39. The van der Waals surface area contributed by atoms with Gasteiger partial charge in [0.15, 0.2) is 0 Å². The van der Waals surface area contributed by atoms with Crippen LogP contribution in [-0.2, 0) is 0 Å². The van der Waals surface area contributed by atoms with Gasteiger partial charge in [0.05, 0.1) is 0 Å². The third kappa shape index (κ3) is 10.3. The molecule has 0 saturated heterocycles. The molecule has 0 aliphatic heterocycles. The zero-order valence-electron chi connectivity index (χ0n) is 20.1. The molecule has 1 unspecified atom stereocenters. The van der Waals surface area contributed by atoms with Gasteiger partial charge in [0, 0.05) is 5.92 Å². The maximum absolute atomic E-state index is 2.69. The van der Waals surface area contributed by atoms with Gasteiger partial charge < -0.3 is 0 Å². The van der Waals surface area contributed by atoms with Crippen molar-refractivity contribution < 1.29 is 0 Å². The number of rotatable bonds is 16. The van der Waals surface area contributed by atoms with E-state index in [4.69, 9.17) is 0 Å². The Morgan fingerprint density at radius 3 is 1.89 bits per heavy atom. The second-order valence-electron chi connectivity index (χ2n) is 9.22. The van der Waals surface area contributed by atoms with Gasteiger partial charge in [-0.2, -0.15) is 0 Å². The molecule has 0 bridgehead atoms. The van der Waals surface area contributed by atoms with E-state index in [1.54, 1.807) is 0 Å². The summed E-state index contributed by atoms with van der Waals surface area (Å²) in [4.78, 5) is 0. The van der Waals surface area contributed by atoms with Crippen LogP contribution >= 0.6 is 0 Å². The van der Waals surface area contributed by atoms with Gasteiger partial charge in [0.25, 0.3) is 0 Å². The summed E-state index contributed by atoms with van der Waals surface area (Å²) in [6, 6.07) is 0. The van der Waals surface area contributed by atoms with Crippen molar-refractivity contribution in [2.75, 3.05) is 0 Å². The van der Waals surface area contributed by atoms with E-state index in [0.717, 1.165) is 5.92 Å². The van der Waals surface area contributed by atoms with E-state index in [9.17, 15) is 0 Å². The Balaban J connectivity index is 3.08. The van der Waals surface area contributed by atoms with E-state index in [1.165, 1.54) is 122 Å². The Kier molecular flexibility index (Phi) is 15.8. The van der Waals surface area contributed by atoms with Crippen molar-refractivity contribution in [3.05, 3.63) is 22.8 Å². The van der Waals surface area contributed by atoms with Crippen LogP contribution in [0.4, 0.5) is 0 Å². The van der Waals surface area contributed by atoms with Gasteiger partial charge >= 0.3 is 0 Å². The standard InChI is InChI=1S/C28H52/c1-5-9-13-19-25-21-17-18-22-26(20-14-10-6-2)28(24-16-12-8-4)27(25)23-15-11-7-3/h21,27H,5-20,22-24H2,1-4H3. The summed E-state index contributed by atoms with van der Waals surface area (Å²) in [6.45, 7) is 9.39. The maximum atomic E-state index is 2.69. The average Bonchev–Trinajstić information content (AvgIpc) is 2.69. The molecule has 0 N–H and O–H groups in total. The number of allylic oxidation sites excluding steroid dienone is 4. The molecule has 0 aromatic rings. The molecule has 0 spiro atoms. The SMILES string of the molecule is CCCCCC1=CCCCC(CCCCC)=C(CCCCC)C1CCCCC. The van der Waals surface area contributed by atoms with Crippen molar-refractivity contribution in [3.8, 4) is 0 Å². The molecule has 1 rings (SSSR count). The zero-order valence-corrected chi connectivity index (χ0v) is 20.1. The van der Waals surface area contributed by atoms with E-state index in [1.807, 2.05) is 16.7 Å². The van der Waals surface area contributed by atoms with Crippen molar-refractivity contribution in [3.63, 3.8) is 0 Å². The average molecular weight is 389 g/mol. The van der Waals surface area contributed by atoms with Gasteiger partial charge in [-0.15, -0.1) is 0 Å². The van der Waals surface area contributed by atoms with Crippen LogP contribution in [0, 0.1) is 5.92 Å². The second kappa shape index (κ2) is 17.3. The molecule has 28 heavy (non-hydrogen) atoms. The highest BCUT2D eigenvalue weighted by atomic mass is 14.3. The first-order valence-corrected chi connectivity index (χ1v) is 13.2. The number of hydrogen-bond acceptors (Lipinski definition) is 0. The van der Waals surface area contributed by atoms with Crippen LogP contribution in [0.5, 0.6) is 0 Å². The third-order valence-electron chi connectivity index (χ3n) is 6.71. The molecule has 0 saturated carbocycles. The number of unbranched alkanes of at least 4 members (excludes halogenated alkanes) is 8. The van der Waals surface area contributed by atoms with Crippen LogP contribution in [0.3, 0.4) is 0 Å². The normalized spacial score (nSPS) is 18.1. The van der Waals surface area contributed by atoms with Crippen LogP contribution in [-0.4, -0.2) is 0 Å².